The third-order valence-corrected chi connectivity index (χ3v) is 5.00. The molecule has 0 amide bonds. The first-order valence-corrected chi connectivity index (χ1v) is 7.98. The van der Waals surface area contributed by atoms with Crippen LogP contribution in [0, 0.1) is 11.8 Å². The maximum Gasteiger partial charge on any atom is 0.0482 e. The highest BCUT2D eigenvalue weighted by Gasteiger charge is 2.39. The molecule has 3 atom stereocenters. The van der Waals surface area contributed by atoms with Crippen LogP contribution in [0.1, 0.15) is 56.7 Å². The van der Waals surface area contributed by atoms with Crippen molar-refractivity contribution >= 4 is 0 Å². The number of aryl methyl sites for hydroxylation is 1. The Bertz CT molecular complexity index is 425. The summed E-state index contributed by atoms with van der Waals surface area (Å²) in [5.74, 6) is 2.39. The van der Waals surface area contributed by atoms with E-state index in [1.54, 1.807) is 0 Å². The molecule has 0 aromatic carbocycles. The van der Waals surface area contributed by atoms with Crippen molar-refractivity contribution < 1.29 is 0 Å². The van der Waals surface area contributed by atoms with Gasteiger partial charge in [0.05, 0.1) is 0 Å². The van der Waals surface area contributed by atoms with E-state index in [9.17, 15) is 0 Å². The minimum Gasteiger partial charge on any atom is -0.313 e. The van der Waals surface area contributed by atoms with Gasteiger partial charge in [-0.25, -0.2) is 0 Å². The van der Waals surface area contributed by atoms with E-state index in [-0.39, 0.29) is 0 Å². The van der Waals surface area contributed by atoms with E-state index >= 15 is 0 Å². The molecule has 104 valence electrons. The van der Waals surface area contributed by atoms with Gasteiger partial charge >= 0.3 is 0 Å². The number of fused-ring (bicyclic) bond motifs is 1. The van der Waals surface area contributed by atoms with Gasteiger partial charge in [-0.1, -0.05) is 19.9 Å². The third kappa shape index (κ3) is 2.69. The van der Waals surface area contributed by atoms with Crippen molar-refractivity contribution in [1.82, 2.24) is 10.3 Å². The van der Waals surface area contributed by atoms with Crippen LogP contribution in [0.4, 0.5) is 0 Å². The van der Waals surface area contributed by atoms with Crippen molar-refractivity contribution in [3.8, 4) is 0 Å². The van der Waals surface area contributed by atoms with Gasteiger partial charge in [-0.15, -0.1) is 0 Å². The van der Waals surface area contributed by atoms with Crippen LogP contribution in [0.5, 0.6) is 0 Å². The van der Waals surface area contributed by atoms with Crippen molar-refractivity contribution in [2.75, 3.05) is 6.54 Å². The molecule has 2 heteroatoms. The predicted molar refractivity (Wildman–Crippen MR) is 79.3 cm³/mol. The Kier molecular flexibility index (Phi) is 3.88. The minimum absolute atomic E-state index is 0.628. The van der Waals surface area contributed by atoms with Gasteiger partial charge < -0.3 is 5.32 Å². The lowest BCUT2D eigenvalue weighted by Gasteiger charge is -2.31. The van der Waals surface area contributed by atoms with Gasteiger partial charge in [-0.2, -0.15) is 0 Å². The van der Waals surface area contributed by atoms with Gasteiger partial charge in [0.2, 0.25) is 0 Å². The smallest absolute Gasteiger partial charge is 0.0482 e. The zero-order chi connectivity index (χ0) is 13.2. The van der Waals surface area contributed by atoms with Crippen molar-refractivity contribution in [2.24, 2.45) is 11.8 Å². The molecule has 2 nitrogen and oxygen atoms in total. The summed E-state index contributed by atoms with van der Waals surface area (Å²) < 4.78 is 0. The second-order valence-electron chi connectivity index (χ2n) is 6.37. The fourth-order valence-corrected chi connectivity index (χ4v) is 3.71. The largest absolute Gasteiger partial charge is 0.313 e. The fourth-order valence-electron chi connectivity index (χ4n) is 3.71. The summed E-state index contributed by atoms with van der Waals surface area (Å²) in [6.45, 7) is 5.85. The van der Waals surface area contributed by atoms with Gasteiger partial charge in [0.25, 0.3) is 0 Å². The number of hydrogen-bond acceptors (Lipinski definition) is 2. The van der Waals surface area contributed by atoms with Crippen molar-refractivity contribution in [3.63, 3.8) is 0 Å². The number of pyridine rings is 1. The van der Waals surface area contributed by atoms with Crippen LogP contribution in [-0.2, 0) is 6.42 Å². The molecule has 0 bridgehead atoms. The van der Waals surface area contributed by atoms with Crippen LogP contribution in [0.25, 0.3) is 0 Å². The fraction of sp³-hybridized carbons (Fsp3) is 0.706. The Balaban J connectivity index is 1.79. The first kappa shape index (κ1) is 13.1. The summed E-state index contributed by atoms with van der Waals surface area (Å²) >= 11 is 0. The molecule has 0 spiro atoms. The lowest BCUT2D eigenvalue weighted by molar-refractivity contribution is 0.292. The summed E-state index contributed by atoms with van der Waals surface area (Å²) in [6, 6.07) is 4.98. The topological polar surface area (TPSA) is 24.9 Å². The standard InChI is InChI=1S/C17H26N2/c1-3-10-18-16(12(2)13-6-7-13)15-9-8-14-5-4-11-19-17(14)15/h4-5,11-13,15-16,18H,3,6-10H2,1-2H3. The van der Waals surface area contributed by atoms with E-state index in [2.05, 4.69) is 31.3 Å². The maximum atomic E-state index is 4.69. The molecule has 1 aromatic heterocycles. The van der Waals surface area contributed by atoms with E-state index in [1.165, 1.54) is 43.4 Å². The molecular formula is C17H26N2. The molecule has 1 fully saturated rings. The monoisotopic (exact) mass is 258 g/mol. The lowest BCUT2D eigenvalue weighted by atomic mass is 9.84. The van der Waals surface area contributed by atoms with Gasteiger partial charge in [-0.3, -0.25) is 4.98 Å². The van der Waals surface area contributed by atoms with Gasteiger partial charge in [0.1, 0.15) is 0 Å². The Morgan fingerprint density at radius 1 is 1.37 bits per heavy atom. The van der Waals surface area contributed by atoms with Gasteiger partial charge in [0, 0.05) is 23.9 Å². The normalized spacial score (nSPS) is 25.1. The molecule has 1 aromatic rings. The molecule has 1 N–H and O–H groups in total. The van der Waals surface area contributed by atoms with Crippen molar-refractivity contribution in [3.05, 3.63) is 29.6 Å². The molecule has 2 aliphatic carbocycles. The highest BCUT2D eigenvalue weighted by Crippen LogP contribution is 2.44. The van der Waals surface area contributed by atoms with Gasteiger partial charge in [0.15, 0.2) is 0 Å². The average Bonchev–Trinajstić information content (AvgIpc) is 3.21. The van der Waals surface area contributed by atoms with Crippen molar-refractivity contribution in [2.45, 2.75) is 57.9 Å². The zero-order valence-corrected chi connectivity index (χ0v) is 12.2. The summed E-state index contributed by atoms with van der Waals surface area (Å²) in [5.41, 5.74) is 2.86. The molecule has 1 saturated carbocycles. The van der Waals surface area contributed by atoms with E-state index in [0.717, 1.165) is 18.4 Å². The van der Waals surface area contributed by atoms with Crippen LogP contribution in [0.15, 0.2) is 18.3 Å². The number of nitrogens with zero attached hydrogens (tertiary/aromatic N) is 1. The lowest BCUT2D eigenvalue weighted by Crippen LogP contribution is -2.41. The Morgan fingerprint density at radius 2 is 2.21 bits per heavy atom. The highest BCUT2D eigenvalue weighted by molar-refractivity contribution is 5.30. The first-order valence-electron chi connectivity index (χ1n) is 7.98. The molecule has 1 heterocycles. The maximum absolute atomic E-state index is 4.69. The summed E-state index contributed by atoms with van der Waals surface area (Å²) in [4.78, 5) is 4.69. The van der Waals surface area contributed by atoms with Gasteiger partial charge in [-0.05, 0) is 62.1 Å². The zero-order valence-electron chi connectivity index (χ0n) is 12.2. The van der Waals surface area contributed by atoms with Crippen LogP contribution in [0.3, 0.4) is 0 Å². The Morgan fingerprint density at radius 3 is 2.95 bits per heavy atom. The Hall–Kier alpha value is -0.890. The highest BCUT2D eigenvalue weighted by atomic mass is 14.9. The SMILES string of the molecule is CCCNC(C1CCc2cccnc21)C(C)C1CC1. The molecule has 0 radical (unpaired) electrons. The molecule has 19 heavy (non-hydrogen) atoms. The molecular weight excluding hydrogens is 232 g/mol. The quantitative estimate of drug-likeness (QED) is 0.844. The first-order chi connectivity index (χ1) is 9.31. The number of nitrogens with one attached hydrogen (secondary N) is 1. The summed E-state index contributed by atoms with van der Waals surface area (Å²) in [5, 5.41) is 3.83. The molecule has 3 rings (SSSR count). The Labute approximate surface area is 117 Å². The third-order valence-electron chi connectivity index (χ3n) is 5.00. The van der Waals surface area contributed by atoms with Crippen LogP contribution >= 0.6 is 0 Å². The van der Waals surface area contributed by atoms with E-state index in [4.69, 9.17) is 4.98 Å². The molecule has 0 saturated heterocycles. The number of aromatic nitrogens is 1. The van der Waals surface area contributed by atoms with E-state index < -0.39 is 0 Å². The van der Waals surface area contributed by atoms with Crippen LogP contribution < -0.4 is 5.32 Å². The number of hydrogen-bond donors (Lipinski definition) is 1. The van der Waals surface area contributed by atoms with E-state index in [0.29, 0.717) is 12.0 Å². The molecule has 3 unspecified atom stereocenters. The van der Waals surface area contributed by atoms with Crippen LogP contribution in [0.2, 0.25) is 0 Å². The number of rotatable bonds is 6. The predicted octanol–water partition coefficient (Wildman–Crippen LogP) is 3.53. The average molecular weight is 258 g/mol. The molecule has 0 aliphatic heterocycles. The minimum atomic E-state index is 0.628. The summed E-state index contributed by atoms with van der Waals surface area (Å²) in [7, 11) is 0. The molecule has 2 aliphatic rings. The second kappa shape index (κ2) is 5.62. The van der Waals surface area contributed by atoms with Crippen molar-refractivity contribution in [1.29, 1.82) is 0 Å². The summed E-state index contributed by atoms with van der Waals surface area (Å²) in [6.07, 6.45) is 8.56. The van der Waals surface area contributed by atoms with Crippen LogP contribution in [-0.4, -0.2) is 17.6 Å². The second-order valence-corrected chi connectivity index (χ2v) is 6.37. The van der Waals surface area contributed by atoms with E-state index in [1.807, 2.05) is 6.20 Å².